The Kier molecular flexibility index (Phi) is 5.90. The summed E-state index contributed by atoms with van der Waals surface area (Å²) < 4.78 is 1.69. The molecule has 1 fully saturated rings. The number of primary amides is 1. The topological polar surface area (TPSA) is 101 Å². The van der Waals surface area contributed by atoms with Gasteiger partial charge in [-0.2, -0.15) is 0 Å². The van der Waals surface area contributed by atoms with Crippen molar-refractivity contribution in [2.75, 3.05) is 6.61 Å². The normalized spacial score (nSPS) is 19.2. The van der Waals surface area contributed by atoms with Crippen LogP contribution in [0.3, 0.4) is 0 Å². The maximum atomic E-state index is 11.3. The van der Waals surface area contributed by atoms with Crippen LogP contribution in [0, 0.1) is 17.8 Å². The van der Waals surface area contributed by atoms with E-state index in [4.69, 9.17) is 5.73 Å². The molecule has 3 aromatic rings. The molecular weight excluding hydrogens is 390 g/mol. The zero-order chi connectivity index (χ0) is 22.0. The highest BCUT2D eigenvalue weighted by Gasteiger charge is 2.42. The Hall–Kier alpha value is -3.40. The third kappa shape index (κ3) is 4.53. The molecule has 0 radical (unpaired) electrons. The number of aliphatic hydroxyl groups is 2. The number of amides is 1. The minimum absolute atomic E-state index is 0.0227. The van der Waals surface area contributed by atoms with Gasteiger partial charge in [0, 0.05) is 23.9 Å². The molecule has 4 N–H and O–H groups in total. The number of hydrogen-bond acceptors (Lipinski definition) is 4. The van der Waals surface area contributed by atoms with Crippen LogP contribution in [-0.2, 0) is 4.79 Å². The third-order valence-electron chi connectivity index (χ3n) is 5.68. The Labute approximate surface area is 181 Å². The summed E-state index contributed by atoms with van der Waals surface area (Å²) in [5.74, 6) is 6.64. The molecule has 0 spiro atoms. The van der Waals surface area contributed by atoms with Gasteiger partial charge in [0.1, 0.15) is 18.0 Å². The van der Waals surface area contributed by atoms with Crippen LogP contribution >= 0.6 is 0 Å². The van der Waals surface area contributed by atoms with Gasteiger partial charge in [-0.15, -0.1) is 0 Å². The molecule has 1 amide bonds. The average Bonchev–Trinajstić information content (AvgIpc) is 3.44. The molecule has 6 nitrogen and oxygen atoms in total. The van der Waals surface area contributed by atoms with Gasteiger partial charge in [-0.05, 0) is 48.1 Å². The highest BCUT2D eigenvalue weighted by molar-refractivity contribution is 5.81. The molecule has 31 heavy (non-hydrogen) atoms. The van der Waals surface area contributed by atoms with Crippen molar-refractivity contribution in [3.8, 4) is 23.0 Å². The van der Waals surface area contributed by atoms with E-state index in [-0.39, 0.29) is 24.3 Å². The molecule has 1 aliphatic carbocycles. The molecule has 158 valence electrons. The number of carbonyl (C=O) groups is 1. The van der Waals surface area contributed by atoms with E-state index in [1.54, 1.807) is 23.9 Å². The van der Waals surface area contributed by atoms with Gasteiger partial charge < -0.3 is 20.5 Å². The van der Waals surface area contributed by atoms with Gasteiger partial charge in [0.25, 0.3) is 0 Å². The van der Waals surface area contributed by atoms with Crippen LogP contribution in [0.5, 0.6) is 0 Å². The molecule has 0 aliphatic heterocycles. The van der Waals surface area contributed by atoms with Crippen LogP contribution in [0.15, 0.2) is 60.9 Å². The zero-order valence-electron chi connectivity index (χ0n) is 17.3. The molecule has 1 heterocycles. The second kappa shape index (κ2) is 8.76. The summed E-state index contributed by atoms with van der Waals surface area (Å²) in [5, 5.41) is 19.5. The summed E-state index contributed by atoms with van der Waals surface area (Å²) in [6.07, 6.45) is 3.40. The van der Waals surface area contributed by atoms with E-state index in [1.165, 1.54) is 0 Å². The molecule has 6 heteroatoms. The largest absolute Gasteiger partial charge is 0.393 e. The number of nitrogens with zero attached hydrogens (tertiary/aromatic N) is 2. The highest BCUT2D eigenvalue weighted by atomic mass is 16.3. The fraction of sp³-hybridized carbons (Fsp3) is 0.280. The van der Waals surface area contributed by atoms with Crippen molar-refractivity contribution in [3.05, 3.63) is 77.9 Å². The molecule has 1 saturated carbocycles. The van der Waals surface area contributed by atoms with Crippen LogP contribution in [0.4, 0.5) is 0 Å². The quantitative estimate of drug-likeness (QED) is 0.539. The van der Waals surface area contributed by atoms with E-state index in [9.17, 15) is 15.0 Å². The van der Waals surface area contributed by atoms with Gasteiger partial charge in [-0.25, -0.2) is 4.98 Å². The fourth-order valence-corrected chi connectivity index (χ4v) is 3.83. The molecule has 4 rings (SSSR count). The molecule has 0 saturated heterocycles. The van der Waals surface area contributed by atoms with E-state index in [2.05, 4.69) is 41.1 Å². The van der Waals surface area contributed by atoms with Crippen LogP contribution in [0.25, 0.3) is 11.1 Å². The van der Waals surface area contributed by atoms with E-state index >= 15 is 0 Å². The molecule has 2 aromatic carbocycles. The predicted molar refractivity (Wildman–Crippen MR) is 118 cm³/mol. The Balaban J connectivity index is 1.46. The first-order chi connectivity index (χ1) is 15.0. The third-order valence-corrected chi connectivity index (χ3v) is 5.68. The van der Waals surface area contributed by atoms with Crippen molar-refractivity contribution in [2.24, 2.45) is 11.7 Å². The number of rotatable bonds is 6. The van der Waals surface area contributed by atoms with Crippen LogP contribution in [0.2, 0.25) is 0 Å². The minimum atomic E-state index is -0.738. The first-order valence-electron chi connectivity index (χ1n) is 10.3. The maximum absolute atomic E-state index is 11.3. The summed E-state index contributed by atoms with van der Waals surface area (Å²) in [7, 11) is 0. The average molecular weight is 415 g/mol. The zero-order valence-corrected chi connectivity index (χ0v) is 17.3. The van der Waals surface area contributed by atoms with E-state index in [0.29, 0.717) is 5.82 Å². The van der Waals surface area contributed by atoms with Crippen molar-refractivity contribution in [2.45, 2.75) is 31.4 Å². The van der Waals surface area contributed by atoms with Crippen LogP contribution < -0.4 is 5.73 Å². The molecular formula is C25H25N3O3. The number of imidazole rings is 1. The second-order valence-corrected chi connectivity index (χ2v) is 7.89. The van der Waals surface area contributed by atoms with Gasteiger partial charge in [-0.1, -0.05) is 48.2 Å². The molecule has 4 atom stereocenters. The monoisotopic (exact) mass is 415 g/mol. The molecule has 0 unspecified atom stereocenters. The summed E-state index contributed by atoms with van der Waals surface area (Å²) in [6, 6.07) is 15.7. The summed E-state index contributed by atoms with van der Waals surface area (Å²) in [6.45, 7) is 1.46. The van der Waals surface area contributed by atoms with Crippen molar-refractivity contribution in [3.63, 3.8) is 0 Å². The van der Waals surface area contributed by atoms with Crippen LogP contribution in [0.1, 0.15) is 48.4 Å². The van der Waals surface area contributed by atoms with Gasteiger partial charge in [-0.3, -0.25) is 4.79 Å². The highest BCUT2D eigenvalue weighted by Crippen LogP contribution is 2.47. The lowest BCUT2D eigenvalue weighted by Crippen LogP contribution is -2.15. The number of aliphatic hydroxyl groups excluding tert-OH is 2. The lowest BCUT2D eigenvalue weighted by Gasteiger charge is -2.14. The van der Waals surface area contributed by atoms with Crippen molar-refractivity contribution < 1.29 is 15.0 Å². The molecule has 1 aliphatic rings. The fourth-order valence-electron chi connectivity index (χ4n) is 3.83. The van der Waals surface area contributed by atoms with Crippen molar-refractivity contribution >= 4 is 5.91 Å². The Morgan fingerprint density at radius 3 is 2.39 bits per heavy atom. The number of benzene rings is 2. The maximum Gasteiger partial charge on any atom is 0.221 e. The standard InChI is InChI=1S/C25H25N3O3/c1-16(30)25-27-12-13-28(25)21(15-29)11-4-17-2-5-18(6-3-17)19-7-9-20(10-8-19)22-14-23(22)24(26)31/h2-3,5-10,12-13,16,21-23,29-30H,14-15H2,1H3,(H2,26,31)/t16-,21-,22+,23-/m0/s1. The van der Waals surface area contributed by atoms with Gasteiger partial charge in [0.15, 0.2) is 0 Å². The number of aromatic nitrogens is 2. The first kappa shape index (κ1) is 20.9. The van der Waals surface area contributed by atoms with E-state index in [0.717, 1.165) is 28.7 Å². The van der Waals surface area contributed by atoms with Crippen LogP contribution in [-0.4, -0.2) is 32.3 Å². The minimum Gasteiger partial charge on any atom is -0.393 e. The lowest BCUT2D eigenvalue weighted by molar-refractivity contribution is -0.119. The molecule has 1 aromatic heterocycles. The number of nitrogens with two attached hydrogens (primary N) is 1. The SMILES string of the molecule is C[C@H](O)c1nccn1[C@@H](C#Cc1ccc(-c2ccc([C@H]3C[C@@H]3C(N)=O)cc2)cc1)CO. The number of hydrogen-bond donors (Lipinski definition) is 3. The molecule has 0 bridgehead atoms. The van der Waals surface area contributed by atoms with E-state index in [1.807, 2.05) is 24.3 Å². The Bertz CT molecular complexity index is 1120. The summed E-state index contributed by atoms with van der Waals surface area (Å²) >= 11 is 0. The van der Waals surface area contributed by atoms with Gasteiger partial charge in [0.05, 0.1) is 6.61 Å². The summed E-state index contributed by atoms with van der Waals surface area (Å²) in [4.78, 5) is 15.4. The Morgan fingerprint density at radius 1 is 1.19 bits per heavy atom. The van der Waals surface area contributed by atoms with Gasteiger partial charge >= 0.3 is 0 Å². The summed E-state index contributed by atoms with van der Waals surface area (Å²) in [5.41, 5.74) is 9.53. The van der Waals surface area contributed by atoms with Crippen molar-refractivity contribution in [1.29, 1.82) is 0 Å². The first-order valence-corrected chi connectivity index (χ1v) is 10.3. The Morgan fingerprint density at radius 2 is 1.84 bits per heavy atom. The lowest BCUT2D eigenvalue weighted by atomic mass is 10.0. The predicted octanol–water partition coefficient (Wildman–Crippen LogP) is 2.78. The van der Waals surface area contributed by atoms with Gasteiger partial charge in [0.2, 0.25) is 5.91 Å². The second-order valence-electron chi connectivity index (χ2n) is 7.89. The van der Waals surface area contributed by atoms with Crippen molar-refractivity contribution in [1.82, 2.24) is 9.55 Å². The van der Waals surface area contributed by atoms with E-state index < -0.39 is 12.1 Å². The number of carbonyl (C=O) groups excluding carboxylic acids is 1. The smallest absolute Gasteiger partial charge is 0.221 e.